The van der Waals surface area contributed by atoms with Crippen molar-refractivity contribution in [1.82, 2.24) is 4.31 Å². The van der Waals surface area contributed by atoms with Crippen molar-refractivity contribution < 1.29 is 17.9 Å². The Bertz CT molecular complexity index is 645. The molecule has 0 radical (unpaired) electrons. The first-order chi connectivity index (χ1) is 11.1. The van der Waals surface area contributed by atoms with Crippen molar-refractivity contribution >= 4 is 21.6 Å². The smallest absolute Gasteiger partial charge is 0.243 e. The van der Waals surface area contributed by atoms with Gasteiger partial charge < -0.3 is 10.1 Å². The molecule has 0 saturated carbocycles. The van der Waals surface area contributed by atoms with E-state index in [4.69, 9.17) is 4.74 Å². The zero-order valence-electron chi connectivity index (χ0n) is 13.0. The average Bonchev–Trinajstić information content (AvgIpc) is 3.11. The summed E-state index contributed by atoms with van der Waals surface area (Å²) in [6.45, 7) is 2.24. The highest BCUT2D eigenvalue weighted by Gasteiger charge is 2.26. The topological polar surface area (TPSA) is 75.7 Å². The van der Waals surface area contributed by atoms with Crippen LogP contribution in [0.1, 0.15) is 25.7 Å². The Morgan fingerprint density at radius 3 is 2.43 bits per heavy atom. The number of nitrogens with one attached hydrogen (secondary N) is 1. The van der Waals surface area contributed by atoms with E-state index in [1.165, 1.54) is 0 Å². The lowest BCUT2D eigenvalue weighted by Gasteiger charge is -2.25. The van der Waals surface area contributed by atoms with Gasteiger partial charge in [0.25, 0.3) is 0 Å². The molecule has 2 aliphatic rings. The van der Waals surface area contributed by atoms with Crippen molar-refractivity contribution in [2.24, 2.45) is 5.92 Å². The number of piperidine rings is 1. The number of hydrogen-bond acceptors (Lipinski definition) is 4. The van der Waals surface area contributed by atoms with Gasteiger partial charge in [-0.3, -0.25) is 4.79 Å². The summed E-state index contributed by atoms with van der Waals surface area (Å²) in [7, 11) is -3.42. The maximum Gasteiger partial charge on any atom is 0.243 e. The summed E-state index contributed by atoms with van der Waals surface area (Å²) in [5.41, 5.74) is 0.611. The molecule has 23 heavy (non-hydrogen) atoms. The summed E-state index contributed by atoms with van der Waals surface area (Å²) in [5, 5.41) is 2.81. The summed E-state index contributed by atoms with van der Waals surface area (Å²) in [4.78, 5) is 12.3. The molecule has 2 heterocycles. The molecule has 0 bridgehead atoms. The Morgan fingerprint density at radius 2 is 1.83 bits per heavy atom. The van der Waals surface area contributed by atoms with E-state index in [0.717, 1.165) is 25.7 Å². The van der Waals surface area contributed by atoms with E-state index in [2.05, 4.69) is 5.32 Å². The Morgan fingerprint density at radius 1 is 1.13 bits per heavy atom. The maximum atomic E-state index is 12.6. The molecule has 1 amide bonds. The standard InChI is InChI=1S/C16H22N2O4S/c19-16(13-8-11-22-12-13)17-14-4-6-15(7-5-14)23(20,21)18-9-2-1-3-10-18/h4-7,13H,1-3,8-12H2,(H,17,19). The number of nitrogens with zero attached hydrogens (tertiary/aromatic N) is 1. The lowest BCUT2D eigenvalue weighted by Crippen LogP contribution is -2.35. The first kappa shape index (κ1) is 16.4. The van der Waals surface area contributed by atoms with Gasteiger partial charge in [0.05, 0.1) is 17.4 Å². The van der Waals surface area contributed by atoms with Crippen LogP contribution in [0.4, 0.5) is 5.69 Å². The van der Waals surface area contributed by atoms with Crippen molar-refractivity contribution in [1.29, 1.82) is 0 Å². The predicted molar refractivity (Wildman–Crippen MR) is 86.6 cm³/mol. The minimum atomic E-state index is -3.42. The lowest BCUT2D eigenvalue weighted by molar-refractivity contribution is -0.119. The van der Waals surface area contributed by atoms with Gasteiger partial charge in [-0.25, -0.2) is 8.42 Å². The number of carbonyl (C=O) groups is 1. The summed E-state index contributed by atoms with van der Waals surface area (Å²) >= 11 is 0. The second-order valence-electron chi connectivity index (χ2n) is 6.04. The van der Waals surface area contributed by atoms with Crippen LogP contribution in [0.3, 0.4) is 0 Å². The van der Waals surface area contributed by atoms with Crippen LogP contribution in [-0.2, 0) is 19.6 Å². The van der Waals surface area contributed by atoms with E-state index < -0.39 is 10.0 Å². The van der Waals surface area contributed by atoms with E-state index in [1.807, 2.05) is 0 Å². The number of hydrogen-bond donors (Lipinski definition) is 1. The van der Waals surface area contributed by atoms with Gasteiger partial charge in [0.1, 0.15) is 0 Å². The van der Waals surface area contributed by atoms with Crippen LogP contribution in [0.2, 0.25) is 0 Å². The molecular formula is C16H22N2O4S. The van der Waals surface area contributed by atoms with Gasteiger partial charge in [-0.1, -0.05) is 6.42 Å². The van der Waals surface area contributed by atoms with Crippen LogP contribution in [0.5, 0.6) is 0 Å². The first-order valence-corrected chi connectivity index (χ1v) is 9.50. The van der Waals surface area contributed by atoms with Crippen LogP contribution in [0.25, 0.3) is 0 Å². The molecule has 0 aliphatic carbocycles. The Balaban J connectivity index is 1.67. The molecule has 1 aromatic carbocycles. The third-order valence-electron chi connectivity index (χ3n) is 4.38. The summed E-state index contributed by atoms with van der Waals surface area (Å²) in [6.07, 6.45) is 3.64. The Hall–Kier alpha value is -1.44. The Kier molecular flexibility index (Phi) is 4.99. The van der Waals surface area contributed by atoms with Crippen LogP contribution in [0.15, 0.2) is 29.2 Å². The normalized spacial score (nSPS) is 22.9. The summed E-state index contributed by atoms with van der Waals surface area (Å²) < 4.78 is 31.8. The molecule has 126 valence electrons. The Labute approximate surface area is 136 Å². The molecule has 0 aromatic heterocycles. The van der Waals surface area contributed by atoms with Crippen LogP contribution in [0, 0.1) is 5.92 Å². The van der Waals surface area contributed by atoms with Gasteiger partial charge in [0.2, 0.25) is 15.9 Å². The number of rotatable bonds is 4. The number of anilines is 1. The maximum absolute atomic E-state index is 12.6. The van der Waals surface area contributed by atoms with E-state index in [1.54, 1.807) is 28.6 Å². The fourth-order valence-corrected chi connectivity index (χ4v) is 4.47. The number of benzene rings is 1. The zero-order chi connectivity index (χ0) is 16.3. The average molecular weight is 338 g/mol. The van der Waals surface area contributed by atoms with E-state index in [0.29, 0.717) is 32.0 Å². The fourth-order valence-electron chi connectivity index (χ4n) is 2.95. The molecule has 2 fully saturated rings. The highest BCUT2D eigenvalue weighted by molar-refractivity contribution is 7.89. The minimum Gasteiger partial charge on any atom is -0.381 e. The van der Waals surface area contributed by atoms with Gasteiger partial charge >= 0.3 is 0 Å². The molecule has 1 N–H and O–H groups in total. The van der Waals surface area contributed by atoms with E-state index in [9.17, 15) is 13.2 Å². The van der Waals surface area contributed by atoms with Crippen LogP contribution >= 0.6 is 0 Å². The van der Waals surface area contributed by atoms with E-state index >= 15 is 0 Å². The molecule has 6 nitrogen and oxygen atoms in total. The lowest BCUT2D eigenvalue weighted by atomic mass is 10.1. The van der Waals surface area contributed by atoms with E-state index in [-0.39, 0.29) is 16.7 Å². The van der Waals surface area contributed by atoms with Crippen molar-refractivity contribution in [3.05, 3.63) is 24.3 Å². The summed E-state index contributed by atoms with van der Waals surface area (Å²) in [5.74, 6) is -0.194. The second-order valence-corrected chi connectivity index (χ2v) is 7.98. The third kappa shape index (κ3) is 3.73. The fraction of sp³-hybridized carbons (Fsp3) is 0.562. The van der Waals surface area contributed by atoms with Gasteiger partial charge in [-0.15, -0.1) is 0 Å². The largest absolute Gasteiger partial charge is 0.381 e. The third-order valence-corrected chi connectivity index (χ3v) is 6.29. The highest BCUT2D eigenvalue weighted by atomic mass is 32.2. The van der Waals surface area contributed by atoms with Crippen LogP contribution in [-0.4, -0.2) is 44.9 Å². The van der Waals surface area contributed by atoms with Crippen molar-refractivity contribution in [2.75, 3.05) is 31.6 Å². The molecule has 1 unspecified atom stereocenters. The molecule has 0 spiro atoms. The number of sulfonamides is 1. The number of amides is 1. The highest BCUT2D eigenvalue weighted by Crippen LogP contribution is 2.22. The first-order valence-electron chi connectivity index (χ1n) is 8.06. The van der Waals surface area contributed by atoms with Crippen molar-refractivity contribution in [2.45, 2.75) is 30.6 Å². The van der Waals surface area contributed by atoms with Gasteiger partial charge in [0.15, 0.2) is 0 Å². The van der Waals surface area contributed by atoms with Gasteiger partial charge in [-0.05, 0) is 43.5 Å². The second kappa shape index (κ2) is 6.98. The van der Waals surface area contributed by atoms with Gasteiger partial charge in [-0.2, -0.15) is 4.31 Å². The summed E-state index contributed by atoms with van der Waals surface area (Å²) in [6, 6.07) is 6.41. The van der Waals surface area contributed by atoms with Gasteiger partial charge in [0, 0.05) is 25.4 Å². The predicted octanol–water partition coefficient (Wildman–Crippen LogP) is 1.84. The minimum absolute atomic E-state index is 0.0749. The molecule has 1 atom stereocenters. The SMILES string of the molecule is O=C(Nc1ccc(S(=O)(=O)N2CCCCC2)cc1)C1CCOC1. The molecular weight excluding hydrogens is 316 g/mol. The molecule has 1 aromatic rings. The zero-order valence-corrected chi connectivity index (χ0v) is 13.8. The van der Waals surface area contributed by atoms with Crippen molar-refractivity contribution in [3.63, 3.8) is 0 Å². The molecule has 2 aliphatic heterocycles. The van der Waals surface area contributed by atoms with Crippen molar-refractivity contribution in [3.8, 4) is 0 Å². The molecule has 7 heteroatoms. The monoisotopic (exact) mass is 338 g/mol. The number of carbonyl (C=O) groups excluding carboxylic acids is 1. The molecule has 2 saturated heterocycles. The quantitative estimate of drug-likeness (QED) is 0.909. The molecule has 3 rings (SSSR count). The van der Waals surface area contributed by atoms with Crippen LogP contribution < -0.4 is 5.32 Å². The number of ether oxygens (including phenoxy) is 1.